The van der Waals surface area contributed by atoms with Gasteiger partial charge in [0.1, 0.15) is 5.52 Å². The lowest BCUT2D eigenvalue weighted by molar-refractivity contribution is -0.127. The number of nitrogens with one attached hydrogen (secondary N) is 1. The topological polar surface area (TPSA) is 77.2 Å². The number of fused-ring (bicyclic) bond motifs is 3. The normalized spacial score (nSPS) is 18.8. The van der Waals surface area contributed by atoms with Crippen molar-refractivity contribution in [3.63, 3.8) is 0 Å². The minimum atomic E-state index is -0.717. The maximum absolute atomic E-state index is 11.1. The minimum Gasteiger partial charge on any atom is -0.367 e. The Bertz CT molecular complexity index is 551. The smallest absolute Gasteiger partial charge is 0.254 e. The van der Waals surface area contributed by atoms with E-state index in [2.05, 4.69) is 10.5 Å². The number of hydrogen-bond donors (Lipinski definition) is 2. The molecule has 3 rings (SSSR count). The van der Waals surface area contributed by atoms with E-state index in [1.165, 1.54) is 0 Å². The molecule has 1 aromatic heterocycles. The maximum atomic E-state index is 11.1. The third-order valence-corrected chi connectivity index (χ3v) is 3.15. The third kappa shape index (κ3) is 1.12. The Morgan fingerprint density at radius 1 is 1.60 bits per heavy atom. The Balaban J connectivity index is 2.26. The molecule has 2 aromatic rings. The largest absolute Gasteiger partial charge is 0.367 e. The van der Waals surface area contributed by atoms with Crippen LogP contribution in [0.2, 0.25) is 0 Å². The Kier molecular flexibility index (Phi) is 1.68. The van der Waals surface area contributed by atoms with Crippen molar-refractivity contribution in [2.24, 2.45) is 5.73 Å². The lowest BCUT2D eigenvalue weighted by Crippen LogP contribution is -2.21. The minimum absolute atomic E-state index is 0.504. The number of nitrogens with zero attached hydrogens (tertiary/aromatic N) is 1. The van der Waals surface area contributed by atoms with Gasteiger partial charge >= 0.3 is 0 Å². The van der Waals surface area contributed by atoms with Gasteiger partial charge in [-0.05, 0) is 6.07 Å². The van der Waals surface area contributed by atoms with Crippen molar-refractivity contribution in [2.75, 3.05) is 5.48 Å². The molecule has 1 amide bonds. The second-order valence-corrected chi connectivity index (χ2v) is 4.12. The lowest BCUT2D eigenvalue weighted by Gasteiger charge is -2.02. The van der Waals surface area contributed by atoms with E-state index in [1.54, 1.807) is 16.8 Å². The lowest BCUT2D eigenvalue weighted by atomic mass is 10.1. The second kappa shape index (κ2) is 2.91. The fourth-order valence-corrected chi connectivity index (χ4v) is 2.35. The van der Waals surface area contributed by atoms with Crippen LogP contribution in [-0.4, -0.2) is 10.9 Å². The summed E-state index contributed by atoms with van der Waals surface area (Å²) >= 11 is 1.54. The van der Waals surface area contributed by atoms with Gasteiger partial charge in [0.15, 0.2) is 6.10 Å². The van der Waals surface area contributed by atoms with Crippen LogP contribution in [-0.2, 0) is 9.63 Å². The van der Waals surface area contributed by atoms with Crippen molar-refractivity contribution in [1.82, 2.24) is 4.98 Å². The molecule has 3 N–H and O–H groups in total. The van der Waals surface area contributed by atoms with E-state index in [-0.39, 0.29) is 0 Å². The number of thiazole rings is 1. The molecule has 76 valence electrons. The molecule has 0 fully saturated rings. The molecule has 0 aliphatic carbocycles. The third-order valence-electron chi connectivity index (χ3n) is 2.35. The van der Waals surface area contributed by atoms with Crippen molar-refractivity contribution in [2.45, 2.75) is 6.10 Å². The van der Waals surface area contributed by atoms with Gasteiger partial charge in [-0.3, -0.25) is 15.1 Å². The van der Waals surface area contributed by atoms with Crippen molar-refractivity contribution in [3.8, 4) is 0 Å². The zero-order valence-corrected chi connectivity index (χ0v) is 8.38. The molecule has 1 aliphatic rings. The number of hydrogen-bond acceptors (Lipinski definition) is 5. The first kappa shape index (κ1) is 8.63. The molecule has 1 unspecified atom stereocenters. The summed E-state index contributed by atoms with van der Waals surface area (Å²) < 4.78 is 1.05. The molecule has 5 nitrogen and oxygen atoms in total. The van der Waals surface area contributed by atoms with Crippen LogP contribution in [0.1, 0.15) is 11.7 Å². The summed E-state index contributed by atoms with van der Waals surface area (Å²) in [6.07, 6.45) is -0.717. The molecule has 0 radical (unpaired) electrons. The number of anilines is 1. The zero-order valence-electron chi connectivity index (χ0n) is 7.56. The fourth-order valence-electron chi connectivity index (χ4n) is 1.67. The number of benzene rings is 1. The average molecular weight is 221 g/mol. The van der Waals surface area contributed by atoms with Crippen LogP contribution in [0.4, 0.5) is 5.69 Å². The van der Waals surface area contributed by atoms with Crippen LogP contribution < -0.4 is 11.2 Å². The van der Waals surface area contributed by atoms with Crippen molar-refractivity contribution in [1.29, 1.82) is 0 Å². The summed E-state index contributed by atoms with van der Waals surface area (Å²) in [6, 6.07) is 3.75. The fraction of sp³-hybridized carbons (Fsp3) is 0.111. The molecule has 0 saturated heterocycles. The summed E-state index contributed by atoms with van der Waals surface area (Å²) in [5.74, 6) is -0.504. The van der Waals surface area contributed by atoms with Crippen LogP contribution in [0.15, 0.2) is 17.6 Å². The van der Waals surface area contributed by atoms with Gasteiger partial charge in [-0.25, -0.2) is 4.98 Å². The van der Waals surface area contributed by atoms with Gasteiger partial charge in [0, 0.05) is 5.56 Å². The number of nitrogens with two attached hydrogens (primary N) is 1. The van der Waals surface area contributed by atoms with Crippen LogP contribution in [0.3, 0.4) is 0 Å². The van der Waals surface area contributed by atoms with E-state index in [1.807, 2.05) is 12.1 Å². The molecular formula is C9H7N3O2S. The highest BCUT2D eigenvalue weighted by Gasteiger charge is 2.30. The quantitative estimate of drug-likeness (QED) is 0.758. The van der Waals surface area contributed by atoms with E-state index < -0.39 is 12.0 Å². The zero-order chi connectivity index (χ0) is 10.4. The second-order valence-electron chi connectivity index (χ2n) is 3.23. The van der Waals surface area contributed by atoms with Crippen molar-refractivity contribution >= 4 is 33.1 Å². The summed E-state index contributed by atoms with van der Waals surface area (Å²) in [5.41, 5.74) is 12.0. The van der Waals surface area contributed by atoms with Crippen LogP contribution >= 0.6 is 11.3 Å². The number of amides is 1. The van der Waals surface area contributed by atoms with E-state index in [4.69, 9.17) is 10.6 Å². The first-order valence-corrected chi connectivity index (χ1v) is 5.22. The van der Waals surface area contributed by atoms with E-state index >= 15 is 0 Å². The molecule has 6 heteroatoms. The Hall–Kier alpha value is -1.66. The van der Waals surface area contributed by atoms with Crippen LogP contribution in [0.25, 0.3) is 10.2 Å². The van der Waals surface area contributed by atoms with Crippen molar-refractivity contribution < 1.29 is 9.63 Å². The van der Waals surface area contributed by atoms with Gasteiger partial charge < -0.3 is 5.73 Å². The first-order valence-electron chi connectivity index (χ1n) is 4.34. The van der Waals surface area contributed by atoms with E-state index in [9.17, 15) is 4.79 Å². The Morgan fingerprint density at radius 2 is 2.47 bits per heavy atom. The van der Waals surface area contributed by atoms with Crippen molar-refractivity contribution in [3.05, 3.63) is 23.2 Å². The molecule has 15 heavy (non-hydrogen) atoms. The van der Waals surface area contributed by atoms with E-state index in [0.717, 1.165) is 21.5 Å². The van der Waals surface area contributed by atoms with Gasteiger partial charge in [-0.2, -0.15) is 0 Å². The Labute approximate surface area is 88.8 Å². The molecular weight excluding hydrogens is 214 g/mol. The predicted octanol–water partition coefficient (Wildman–Crippen LogP) is 1.18. The number of carbonyl (C=O) groups excluding carboxylic acids is 1. The first-order chi connectivity index (χ1) is 7.27. The number of rotatable bonds is 1. The monoisotopic (exact) mass is 221 g/mol. The molecule has 2 heterocycles. The summed E-state index contributed by atoms with van der Waals surface area (Å²) in [4.78, 5) is 20.4. The van der Waals surface area contributed by atoms with Gasteiger partial charge in [0.05, 0.1) is 15.9 Å². The Morgan fingerprint density at radius 3 is 3.27 bits per heavy atom. The molecule has 1 aliphatic heterocycles. The van der Waals surface area contributed by atoms with Gasteiger partial charge in [-0.15, -0.1) is 11.3 Å². The maximum Gasteiger partial charge on any atom is 0.254 e. The van der Waals surface area contributed by atoms with Gasteiger partial charge in [0.2, 0.25) is 0 Å². The number of aromatic nitrogens is 1. The summed E-state index contributed by atoms with van der Waals surface area (Å²) in [7, 11) is 0. The summed E-state index contributed by atoms with van der Waals surface area (Å²) in [5, 5.41) is 0. The molecule has 1 atom stereocenters. The molecule has 0 spiro atoms. The standard InChI is InChI=1S/C9H7N3O2S/c10-9(13)8-4-1-2-5-7(11-3-15-5)6(4)12-14-8/h1-3,8,12H,(H2,10,13). The average Bonchev–Trinajstić information content (AvgIpc) is 2.82. The number of carbonyl (C=O) groups is 1. The molecule has 1 aromatic carbocycles. The highest BCUT2D eigenvalue weighted by molar-refractivity contribution is 7.16. The van der Waals surface area contributed by atoms with Crippen LogP contribution in [0.5, 0.6) is 0 Å². The highest BCUT2D eigenvalue weighted by atomic mass is 32.1. The SMILES string of the molecule is NC(=O)C1ONc2c1ccc1scnc21. The molecule has 0 saturated carbocycles. The summed E-state index contributed by atoms with van der Waals surface area (Å²) in [6.45, 7) is 0. The van der Waals surface area contributed by atoms with Gasteiger partial charge in [0.25, 0.3) is 5.91 Å². The highest BCUT2D eigenvalue weighted by Crippen LogP contribution is 2.38. The molecule has 0 bridgehead atoms. The van der Waals surface area contributed by atoms with Gasteiger partial charge in [-0.1, -0.05) is 6.07 Å². The van der Waals surface area contributed by atoms with E-state index in [0.29, 0.717) is 0 Å². The van der Waals surface area contributed by atoms with Crippen LogP contribution in [0, 0.1) is 0 Å². The predicted molar refractivity (Wildman–Crippen MR) is 56.3 cm³/mol. The number of primary amides is 1.